The first-order valence-corrected chi connectivity index (χ1v) is 14.6. The van der Waals surface area contributed by atoms with Crippen LogP contribution in [0.5, 0.6) is 17.2 Å². The van der Waals surface area contributed by atoms with Crippen molar-refractivity contribution >= 4 is 45.0 Å². The normalized spacial score (nSPS) is 16.1. The Kier molecular flexibility index (Phi) is 8.04. The van der Waals surface area contributed by atoms with E-state index in [1.165, 1.54) is 11.3 Å². The average molecular weight is 629 g/mol. The summed E-state index contributed by atoms with van der Waals surface area (Å²) in [6.07, 6.45) is 1.81. The topological polar surface area (TPSA) is 91.6 Å². The van der Waals surface area contributed by atoms with Crippen LogP contribution in [-0.2, 0) is 9.53 Å². The number of hydrogen-bond acceptors (Lipinski definition) is 9. The maximum Gasteiger partial charge on any atom is 0.338 e. The molecule has 0 fully saturated rings. The van der Waals surface area contributed by atoms with Gasteiger partial charge in [-0.15, -0.1) is 0 Å². The molecule has 0 bridgehead atoms. The molecular formula is C29H30BrN3O6S. The summed E-state index contributed by atoms with van der Waals surface area (Å²) >= 11 is 4.96. The molecule has 1 aromatic heterocycles. The van der Waals surface area contributed by atoms with Gasteiger partial charge in [0.1, 0.15) is 5.75 Å². The van der Waals surface area contributed by atoms with Gasteiger partial charge in [-0.05, 0) is 73.5 Å². The number of methoxy groups -OCH3 is 1. The number of hydrogen-bond donors (Lipinski definition) is 0. The molecule has 0 aliphatic carbocycles. The van der Waals surface area contributed by atoms with Crippen LogP contribution in [0.15, 0.2) is 55.9 Å². The summed E-state index contributed by atoms with van der Waals surface area (Å²) in [6, 6.07) is 8.60. The predicted octanol–water partition coefficient (Wildman–Crippen LogP) is 4.14. The lowest BCUT2D eigenvalue weighted by Gasteiger charge is -2.24. The fourth-order valence-corrected chi connectivity index (χ4v) is 6.63. The molecule has 0 saturated carbocycles. The molecule has 0 radical (unpaired) electrons. The molecule has 2 aliphatic heterocycles. The number of rotatable bonds is 8. The average Bonchev–Trinajstić information content (AvgIpc) is 3.53. The van der Waals surface area contributed by atoms with Gasteiger partial charge in [-0.1, -0.05) is 17.4 Å². The Hall–Kier alpha value is -3.57. The molecule has 0 amide bonds. The second-order valence-corrected chi connectivity index (χ2v) is 11.0. The summed E-state index contributed by atoms with van der Waals surface area (Å²) < 4.78 is 25.1. The van der Waals surface area contributed by atoms with Crippen LogP contribution >= 0.6 is 27.3 Å². The molecule has 0 unspecified atom stereocenters. The highest BCUT2D eigenvalue weighted by Crippen LogP contribution is 2.38. The summed E-state index contributed by atoms with van der Waals surface area (Å²) in [6.45, 7) is 9.71. The number of esters is 1. The minimum atomic E-state index is -0.745. The van der Waals surface area contributed by atoms with Crippen LogP contribution in [0, 0.1) is 0 Å². The molecule has 0 N–H and O–H groups in total. The Labute approximate surface area is 244 Å². The number of fused-ring (bicyclic) bond motifs is 2. The van der Waals surface area contributed by atoms with E-state index in [0.29, 0.717) is 43.4 Å². The van der Waals surface area contributed by atoms with Gasteiger partial charge in [0, 0.05) is 29.2 Å². The maximum atomic E-state index is 14.0. The molecule has 0 saturated heterocycles. The standard InChI is InChI=1S/C29H30BrN3O6S/c1-6-32(7-2)20-14-22(36-5)18(11-19(20)30)13-24-27(34)33-26(17-9-10-21-23(12-17)39-15-38-21)25(28(35)37-8-3)16(4)31-29(33)40-24/h9-14,26H,6-8,15H2,1-5H3/b24-13+/t26-/m0/s1. The smallest absolute Gasteiger partial charge is 0.338 e. The van der Waals surface area contributed by atoms with Crippen molar-refractivity contribution in [1.82, 2.24) is 4.57 Å². The van der Waals surface area contributed by atoms with Crippen molar-refractivity contribution in [2.75, 3.05) is 38.5 Å². The van der Waals surface area contributed by atoms with Crippen molar-refractivity contribution < 1.29 is 23.7 Å². The number of ether oxygens (including phenoxy) is 4. The number of carbonyl (C=O) groups is 1. The van der Waals surface area contributed by atoms with E-state index in [1.54, 1.807) is 43.7 Å². The van der Waals surface area contributed by atoms with Crippen LogP contribution in [0.2, 0.25) is 0 Å². The van der Waals surface area contributed by atoms with Crippen LogP contribution in [0.1, 0.15) is 44.9 Å². The van der Waals surface area contributed by atoms with Gasteiger partial charge in [0.25, 0.3) is 5.56 Å². The summed E-state index contributed by atoms with van der Waals surface area (Å²) in [7, 11) is 1.61. The lowest BCUT2D eigenvalue weighted by atomic mass is 9.95. The van der Waals surface area contributed by atoms with E-state index in [4.69, 9.17) is 18.9 Å². The highest BCUT2D eigenvalue weighted by atomic mass is 79.9. The molecular weight excluding hydrogens is 598 g/mol. The van der Waals surface area contributed by atoms with Crippen molar-refractivity contribution in [3.63, 3.8) is 0 Å². The summed E-state index contributed by atoms with van der Waals surface area (Å²) in [4.78, 5) is 34.5. The van der Waals surface area contributed by atoms with Crippen LogP contribution in [0.4, 0.5) is 5.69 Å². The second kappa shape index (κ2) is 11.5. The van der Waals surface area contributed by atoms with Crippen molar-refractivity contribution in [3.05, 3.63) is 76.9 Å². The van der Waals surface area contributed by atoms with E-state index in [-0.39, 0.29) is 19.0 Å². The number of anilines is 1. The first-order chi connectivity index (χ1) is 19.3. The van der Waals surface area contributed by atoms with E-state index in [0.717, 1.165) is 28.8 Å². The minimum Gasteiger partial charge on any atom is -0.496 e. The maximum absolute atomic E-state index is 14.0. The third kappa shape index (κ3) is 4.92. The fraction of sp³-hybridized carbons (Fsp3) is 0.345. The van der Waals surface area contributed by atoms with Crippen LogP contribution in [0.25, 0.3) is 6.08 Å². The molecule has 11 heteroatoms. The van der Waals surface area contributed by atoms with Crippen molar-refractivity contribution in [2.45, 2.75) is 33.7 Å². The van der Waals surface area contributed by atoms with Crippen molar-refractivity contribution in [2.24, 2.45) is 4.99 Å². The molecule has 2 aromatic carbocycles. The highest BCUT2D eigenvalue weighted by Gasteiger charge is 2.34. The number of allylic oxidation sites excluding steroid dienone is 1. The molecule has 5 rings (SSSR count). The van der Waals surface area contributed by atoms with E-state index in [1.807, 2.05) is 18.2 Å². The number of nitrogens with zero attached hydrogens (tertiary/aromatic N) is 3. The molecule has 9 nitrogen and oxygen atoms in total. The second-order valence-electron chi connectivity index (χ2n) is 9.13. The number of benzene rings is 2. The van der Waals surface area contributed by atoms with Gasteiger partial charge in [-0.25, -0.2) is 9.79 Å². The van der Waals surface area contributed by atoms with Crippen LogP contribution < -0.4 is 34.0 Å². The van der Waals surface area contributed by atoms with Gasteiger partial charge in [0.2, 0.25) is 6.79 Å². The molecule has 3 aromatic rings. The summed E-state index contributed by atoms with van der Waals surface area (Å²) in [5, 5.41) is 0. The zero-order valence-electron chi connectivity index (χ0n) is 22.9. The van der Waals surface area contributed by atoms with E-state index >= 15 is 0 Å². The Morgan fingerprint density at radius 3 is 2.65 bits per heavy atom. The third-order valence-corrected chi connectivity index (χ3v) is 8.54. The number of aromatic nitrogens is 1. The van der Waals surface area contributed by atoms with Gasteiger partial charge in [0.05, 0.1) is 41.2 Å². The predicted molar refractivity (Wildman–Crippen MR) is 157 cm³/mol. The molecule has 210 valence electrons. The van der Waals surface area contributed by atoms with E-state index < -0.39 is 12.0 Å². The first kappa shape index (κ1) is 28.0. The van der Waals surface area contributed by atoms with Gasteiger partial charge >= 0.3 is 5.97 Å². The van der Waals surface area contributed by atoms with Crippen LogP contribution in [-0.4, -0.2) is 44.1 Å². The largest absolute Gasteiger partial charge is 0.496 e. The molecule has 3 heterocycles. The number of halogens is 1. The molecule has 0 spiro atoms. The monoisotopic (exact) mass is 627 g/mol. The van der Waals surface area contributed by atoms with Gasteiger partial charge < -0.3 is 23.8 Å². The zero-order valence-corrected chi connectivity index (χ0v) is 25.3. The van der Waals surface area contributed by atoms with Gasteiger partial charge in [-0.2, -0.15) is 0 Å². The van der Waals surface area contributed by atoms with Gasteiger partial charge in [-0.3, -0.25) is 9.36 Å². The molecule has 1 atom stereocenters. The Bertz CT molecular complexity index is 1690. The number of carbonyl (C=O) groups excluding carboxylic acids is 1. The zero-order chi connectivity index (χ0) is 28.6. The summed E-state index contributed by atoms with van der Waals surface area (Å²) in [5.74, 6) is 1.30. The van der Waals surface area contributed by atoms with E-state index in [2.05, 4.69) is 39.7 Å². The minimum absolute atomic E-state index is 0.117. The summed E-state index contributed by atoms with van der Waals surface area (Å²) in [5.41, 5.74) is 2.99. The SMILES string of the molecule is CCOC(=O)C1=C(C)N=c2s/c(=C/c3cc(Br)c(N(CC)CC)cc3OC)c(=O)n2[C@H]1c1ccc2c(c1)OCO2. The van der Waals surface area contributed by atoms with E-state index in [9.17, 15) is 9.59 Å². The Balaban J connectivity index is 1.69. The quantitative estimate of drug-likeness (QED) is 0.347. The van der Waals surface area contributed by atoms with Crippen molar-refractivity contribution in [1.29, 1.82) is 0 Å². The Morgan fingerprint density at radius 1 is 1.20 bits per heavy atom. The lowest BCUT2D eigenvalue weighted by Crippen LogP contribution is -2.39. The highest BCUT2D eigenvalue weighted by molar-refractivity contribution is 9.10. The van der Waals surface area contributed by atoms with Crippen LogP contribution in [0.3, 0.4) is 0 Å². The molecule has 2 aliphatic rings. The Morgan fingerprint density at radius 2 is 1.95 bits per heavy atom. The number of thiazole rings is 1. The fourth-order valence-electron chi connectivity index (χ4n) is 4.99. The molecule has 40 heavy (non-hydrogen) atoms. The lowest BCUT2D eigenvalue weighted by molar-refractivity contribution is -0.139. The van der Waals surface area contributed by atoms with Gasteiger partial charge in [0.15, 0.2) is 16.3 Å². The van der Waals surface area contributed by atoms with Crippen molar-refractivity contribution in [3.8, 4) is 17.2 Å². The third-order valence-electron chi connectivity index (χ3n) is 6.92. The first-order valence-electron chi connectivity index (χ1n) is 13.0.